The third-order valence-corrected chi connectivity index (χ3v) is 6.47. The zero-order valence-electron chi connectivity index (χ0n) is 17.7. The zero-order valence-corrected chi connectivity index (χ0v) is 18.5. The lowest BCUT2D eigenvalue weighted by atomic mass is 10.1. The van der Waals surface area contributed by atoms with Gasteiger partial charge in [0.05, 0.1) is 33.6 Å². The lowest BCUT2D eigenvalue weighted by Crippen LogP contribution is -2.46. The van der Waals surface area contributed by atoms with Gasteiger partial charge in [0, 0.05) is 19.3 Å². The van der Waals surface area contributed by atoms with Crippen molar-refractivity contribution in [3.63, 3.8) is 0 Å². The first kappa shape index (κ1) is 20.4. The molecule has 5 rings (SSSR count). The van der Waals surface area contributed by atoms with Crippen LogP contribution in [0.2, 0.25) is 0 Å². The van der Waals surface area contributed by atoms with Crippen molar-refractivity contribution in [2.24, 2.45) is 0 Å². The van der Waals surface area contributed by atoms with Gasteiger partial charge in [0.2, 0.25) is 0 Å². The Labute approximate surface area is 188 Å². The maximum atomic E-state index is 13.5. The van der Waals surface area contributed by atoms with E-state index in [1.54, 1.807) is 18.3 Å². The molecular weight excluding hydrogens is 422 g/mol. The molecule has 7 nitrogen and oxygen atoms in total. The lowest BCUT2D eigenvalue weighted by Gasteiger charge is -2.36. The van der Waals surface area contributed by atoms with Gasteiger partial charge < -0.3 is 9.64 Å². The highest BCUT2D eigenvalue weighted by Gasteiger charge is 2.26. The Morgan fingerprint density at radius 1 is 1.16 bits per heavy atom. The van der Waals surface area contributed by atoms with E-state index in [1.165, 1.54) is 15.7 Å². The van der Waals surface area contributed by atoms with Crippen molar-refractivity contribution in [1.29, 1.82) is 5.26 Å². The number of benzene rings is 1. The smallest absolute Gasteiger partial charge is 0.267 e. The van der Waals surface area contributed by atoms with Crippen LogP contribution in [0, 0.1) is 11.3 Å². The van der Waals surface area contributed by atoms with Gasteiger partial charge in [0.25, 0.3) is 5.56 Å². The highest BCUT2D eigenvalue weighted by molar-refractivity contribution is 7.19. The van der Waals surface area contributed by atoms with Crippen LogP contribution in [-0.2, 0) is 4.74 Å². The molecule has 8 heteroatoms. The summed E-state index contributed by atoms with van der Waals surface area (Å²) in [5.41, 5.74) is 1.90. The molecule has 0 amide bonds. The summed E-state index contributed by atoms with van der Waals surface area (Å²) in [4.78, 5) is 25.0. The minimum absolute atomic E-state index is 0.00584. The second kappa shape index (κ2) is 8.19. The van der Waals surface area contributed by atoms with E-state index in [4.69, 9.17) is 9.72 Å². The van der Waals surface area contributed by atoms with E-state index in [0.29, 0.717) is 40.7 Å². The number of nitrogens with zero attached hydrogens (tertiary/aromatic N) is 5. The number of ether oxygens (including phenoxy) is 1. The summed E-state index contributed by atoms with van der Waals surface area (Å²) < 4.78 is 8.38. The van der Waals surface area contributed by atoms with Crippen LogP contribution in [-0.4, -0.2) is 39.7 Å². The molecule has 0 unspecified atom stereocenters. The molecule has 1 aliphatic heterocycles. The first-order valence-corrected chi connectivity index (χ1v) is 11.2. The van der Waals surface area contributed by atoms with E-state index in [-0.39, 0.29) is 17.8 Å². The van der Waals surface area contributed by atoms with Crippen molar-refractivity contribution < 1.29 is 4.74 Å². The van der Waals surface area contributed by atoms with Gasteiger partial charge in [-0.25, -0.2) is 9.97 Å². The number of allylic oxidation sites excluding steroid dienone is 1. The molecule has 0 N–H and O–H groups in total. The van der Waals surface area contributed by atoms with Gasteiger partial charge in [-0.15, -0.1) is 11.3 Å². The Bertz CT molecular complexity index is 1410. The average molecular weight is 444 g/mol. The Kier molecular flexibility index (Phi) is 5.21. The van der Waals surface area contributed by atoms with Crippen LogP contribution < -0.4 is 10.5 Å². The number of nitriles is 1. The molecular formula is C24H21N5O2S. The van der Waals surface area contributed by atoms with Crippen molar-refractivity contribution in [3.8, 4) is 6.07 Å². The molecule has 4 heterocycles. The fourth-order valence-corrected chi connectivity index (χ4v) is 5.01. The monoisotopic (exact) mass is 443 g/mol. The minimum Gasteiger partial charge on any atom is -0.372 e. The number of rotatable bonds is 3. The lowest BCUT2D eigenvalue weighted by molar-refractivity contribution is -0.00546. The molecule has 32 heavy (non-hydrogen) atoms. The molecule has 4 aromatic rings. The first-order chi connectivity index (χ1) is 15.5. The predicted octanol–water partition coefficient (Wildman–Crippen LogP) is 3.98. The molecule has 0 bridgehead atoms. The van der Waals surface area contributed by atoms with Crippen LogP contribution >= 0.6 is 11.3 Å². The third kappa shape index (κ3) is 3.66. The molecule has 0 spiro atoms. The summed E-state index contributed by atoms with van der Waals surface area (Å²) in [7, 11) is 0. The van der Waals surface area contributed by atoms with Crippen LogP contribution in [0.15, 0.2) is 53.5 Å². The van der Waals surface area contributed by atoms with Gasteiger partial charge in [0.15, 0.2) is 0 Å². The highest BCUT2D eigenvalue weighted by atomic mass is 32.1. The fraction of sp³-hybridized carbons (Fsp3) is 0.250. The second-order valence-corrected chi connectivity index (χ2v) is 8.93. The fourth-order valence-electron chi connectivity index (χ4n) is 4.08. The summed E-state index contributed by atoms with van der Waals surface area (Å²) in [5, 5.41) is 10.5. The van der Waals surface area contributed by atoms with Crippen molar-refractivity contribution in [2.45, 2.75) is 26.1 Å². The molecule has 0 aliphatic carbocycles. The van der Waals surface area contributed by atoms with Gasteiger partial charge >= 0.3 is 0 Å². The number of para-hydroxylation sites is 1. The van der Waals surface area contributed by atoms with Gasteiger partial charge in [-0.1, -0.05) is 18.2 Å². The van der Waals surface area contributed by atoms with Crippen molar-refractivity contribution in [2.75, 3.05) is 18.0 Å². The number of pyridine rings is 1. The van der Waals surface area contributed by atoms with Gasteiger partial charge in [-0.05, 0) is 44.2 Å². The number of hydrogen-bond donors (Lipinski definition) is 0. The molecule has 1 saturated heterocycles. The van der Waals surface area contributed by atoms with E-state index < -0.39 is 0 Å². The normalized spacial score (nSPS) is 19.4. The largest absolute Gasteiger partial charge is 0.372 e. The Morgan fingerprint density at radius 3 is 2.66 bits per heavy atom. The molecule has 1 aliphatic rings. The Balaban J connectivity index is 1.71. The van der Waals surface area contributed by atoms with Crippen molar-refractivity contribution in [1.82, 2.24) is 14.4 Å². The molecule has 0 saturated carbocycles. The third-order valence-electron chi connectivity index (χ3n) is 5.40. The number of hydrogen-bond acceptors (Lipinski definition) is 7. The summed E-state index contributed by atoms with van der Waals surface area (Å²) in [5.74, 6) is 0.567. The number of thiazole rings is 1. The quantitative estimate of drug-likeness (QED) is 0.446. The predicted molar refractivity (Wildman–Crippen MR) is 127 cm³/mol. The summed E-state index contributed by atoms with van der Waals surface area (Å²) in [6.07, 6.45) is 3.34. The van der Waals surface area contributed by atoms with Crippen LogP contribution in [0.3, 0.4) is 0 Å². The Morgan fingerprint density at radius 2 is 1.91 bits per heavy atom. The molecule has 1 fully saturated rings. The van der Waals surface area contributed by atoms with Crippen LogP contribution in [0.4, 0.5) is 5.82 Å². The topological polar surface area (TPSA) is 83.5 Å². The van der Waals surface area contributed by atoms with Gasteiger partial charge in [-0.2, -0.15) is 5.26 Å². The zero-order chi connectivity index (χ0) is 22.2. The van der Waals surface area contributed by atoms with E-state index in [1.807, 2.05) is 50.2 Å². The van der Waals surface area contributed by atoms with E-state index in [9.17, 15) is 10.1 Å². The summed E-state index contributed by atoms with van der Waals surface area (Å²) in [6, 6.07) is 15.4. The minimum atomic E-state index is -0.216. The second-order valence-electron chi connectivity index (χ2n) is 7.90. The number of fused-ring (bicyclic) bond motifs is 2. The number of aromatic nitrogens is 3. The average Bonchev–Trinajstić information content (AvgIpc) is 3.22. The van der Waals surface area contributed by atoms with Crippen molar-refractivity contribution in [3.05, 3.63) is 69.6 Å². The maximum absolute atomic E-state index is 13.5. The van der Waals surface area contributed by atoms with Crippen LogP contribution in [0.5, 0.6) is 0 Å². The molecule has 2 atom stereocenters. The summed E-state index contributed by atoms with van der Waals surface area (Å²) >= 11 is 1.44. The van der Waals surface area contributed by atoms with Crippen LogP contribution in [0.1, 0.15) is 24.4 Å². The SMILES string of the molecule is C[C@@H]1CN(c2nc3ccccn3c(=O)c2/C=C(\C#N)c2nc3ccccc3s2)C[C@H](C)O1. The van der Waals surface area contributed by atoms with E-state index in [0.717, 1.165) is 10.2 Å². The molecule has 3 aromatic heterocycles. The number of anilines is 1. The standard InChI is InChI=1S/C24H21N5O2S/c1-15-13-28(14-16(2)31-15)22-18(24(30)29-10-6-5-9-21(29)27-22)11-17(12-25)23-26-19-7-3-4-8-20(19)32-23/h3-11,15-16H,13-14H2,1-2H3/b17-11+/t15-,16+. The Hall–Kier alpha value is -3.54. The molecule has 0 radical (unpaired) electrons. The number of morpholine rings is 1. The highest BCUT2D eigenvalue weighted by Crippen LogP contribution is 2.30. The van der Waals surface area contributed by atoms with Gasteiger partial charge in [-0.3, -0.25) is 9.20 Å². The maximum Gasteiger partial charge on any atom is 0.267 e. The van der Waals surface area contributed by atoms with Crippen molar-refractivity contribution >= 4 is 44.7 Å². The van der Waals surface area contributed by atoms with E-state index in [2.05, 4.69) is 16.0 Å². The van der Waals surface area contributed by atoms with E-state index >= 15 is 0 Å². The van der Waals surface area contributed by atoms with Gasteiger partial charge in [0.1, 0.15) is 22.5 Å². The first-order valence-electron chi connectivity index (χ1n) is 10.4. The molecule has 1 aromatic carbocycles. The molecule has 160 valence electrons. The summed E-state index contributed by atoms with van der Waals surface area (Å²) in [6.45, 7) is 5.25. The van der Waals surface area contributed by atoms with Crippen LogP contribution in [0.25, 0.3) is 27.5 Å².